The van der Waals surface area contributed by atoms with Crippen molar-refractivity contribution in [3.05, 3.63) is 87.4 Å². The van der Waals surface area contributed by atoms with Crippen molar-refractivity contribution >= 4 is 35.1 Å². The average Bonchev–Trinajstić information content (AvgIpc) is 3.44. The van der Waals surface area contributed by atoms with Crippen LogP contribution in [0.25, 0.3) is 0 Å². The van der Waals surface area contributed by atoms with Gasteiger partial charge >= 0.3 is 0 Å². The number of hydrogen-bond donors (Lipinski definition) is 3. The number of halogens is 2. The summed E-state index contributed by atoms with van der Waals surface area (Å²) in [5.41, 5.74) is 1.93. The lowest BCUT2D eigenvalue weighted by molar-refractivity contribution is 0.0975. The molecule has 1 aliphatic carbocycles. The van der Waals surface area contributed by atoms with Gasteiger partial charge in [0.1, 0.15) is 5.82 Å². The number of rotatable bonds is 6. The van der Waals surface area contributed by atoms with Crippen molar-refractivity contribution < 1.29 is 4.79 Å². The summed E-state index contributed by atoms with van der Waals surface area (Å²) in [5.74, 6) is 1.19. The second-order valence-electron chi connectivity index (χ2n) is 11.1. The van der Waals surface area contributed by atoms with Gasteiger partial charge in [0.2, 0.25) is 0 Å². The highest BCUT2D eigenvalue weighted by atomic mass is 35.5. The molecule has 1 heterocycles. The summed E-state index contributed by atoms with van der Waals surface area (Å²) in [6, 6.07) is 14.2. The largest absolute Gasteiger partial charge is 0.355 e. The van der Waals surface area contributed by atoms with E-state index in [1.807, 2.05) is 6.07 Å². The number of amides is 1. The molecule has 0 saturated heterocycles. The highest BCUT2D eigenvalue weighted by Crippen LogP contribution is 2.38. The number of hydrogen-bond acceptors (Lipinski definition) is 4. The molecule has 2 aromatic carbocycles. The van der Waals surface area contributed by atoms with Gasteiger partial charge in [-0.25, -0.2) is 9.98 Å². The van der Waals surface area contributed by atoms with Crippen LogP contribution in [0.15, 0.2) is 59.9 Å². The zero-order valence-electron chi connectivity index (χ0n) is 22.5. The Morgan fingerprint density at radius 3 is 2.59 bits per heavy atom. The lowest BCUT2D eigenvalue weighted by Gasteiger charge is -2.36. The Morgan fingerprint density at radius 2 is 1.95 bits per heavy atom. The Bertz CT molecular complexity index is 1350. The van der Waals surface area contributed by atoms with Gasteiger partial charge in [0, 0.05) is 34.5 Å². The van der Waals surface area contributed by atoms with Crippen molar-refractivity contribution in [2.75, 3.05) is 6.54 Å². The predicted molar refractivity (Wildman–Crippen MR) is 156 cm³/mol. The second kappa shape index (κ2) is 12.7. The molecule has 4 rings (SSSR count). The SMILES string of the molecule is CC(C)(C)C1CCC(N=C(NCC(c2ncc[nH]2)c2ccc(Cl)cc2Cl)NC(=O)c2cccc(C#N)c2)CC1. The summed E-state index contributed by atoms with van der Waals surface area (Å²) >= 11 is 12.7. The molecule has 0 bridgehead atoms. The van der Waals surface area contributed by atoms with Crippen LogP contribution in [0.3, 0.4) is 0 Å². The molecule has 7 nitrogen and oxygen atoms in total. The summed E-state index contributed by atoms with van der Waals surface area (Å²) in [5, 5.41) is 16.7. The Morgan fingerprint density at radius 1 is 1.18 bits per heavy atom. The number of H-pyrrole nitrogens is 1. The number of imidazole rings is 1. The highest BCUT2D eigenvalue weighted by Gasteiger charge is 2.30. The lowest BCUT2D eigenvalue weighted by Crippen LogP contribution is -2.44. The third-order valence-corrected chi connectivity index (χ3v) is 7.94. The van der Waals surface area contributed by atoms with Gasteiger partial charge in [-0.2, -0.15) is 5.26 Å². The lowest BCUT2D eigenvalue weighted by atomic mass is 9.71. The molecule has 9 heteroatoms. The van der Waals surface area contributed by atoms with Crippen LogP contribution in [0.5, 0.6) is 0 Å². The molecule has 3 aromatic rings. The Balaban J connectivity index is 1.58. The number of benzene rings is 2. The third-order valence-electron chi connectivity index (χ3n) is 7.38. The number of nitriles is 1. The zero-order valence-corrected chi connectivity index (χ0v) is 24.0. The maximum absolute atomic E-state index is 13.2. The molecule has 1 aromatic heterocycles. The van der Waals surface area contributed by atoms with E-state index in [4.69, 9.17) is 28.2 Å². The fourth-order valence-electron chi connectivity index (χ4n) is 5.09. The third kappa shape index (κ3) is 7.62. The first-order valence-corrected chi connectivity index (χ1v) is 14.0. The molecule has 0 spiro atoms. The van der Waals surface area contributed by atoms with Crippen LogP contribution in [-0.4, -0.2) is 34.4 Å². The fraction of sp³-hybridized carbons (Fsp3) is 0.400. The van der Waals surface area contributed by atoms with E-state index < -0.39 is 0 Å². The first kappa shape index (κ1) is 28.7. The topological polar surface area (TPSA) is 106 Å². The summed E-state index contributed by atoms with van der Waals surface area (Å²) in [6.07, 6.45) is 7.56. The number of nitrogens with zero attached hydrogens (tertiary/aromatic N) is 3. The monoisotopic (exact) mass is 564 g/mol. The maximum Gasteiger partial charge on any atom is 0.257 e. The van der Waals surface area contributed by atoms with Gasteiger partial charge in [-0.1, -0.05) is 56.1 Å². The van der Waals surface area contributed by atoms with E-state index in [9.17, 15) is 10.1 Å². The summed E-state index contributed by atoms with van der Waals surface area (Å²) in [6.45, 7) is 7.25. The molecule has 39 heavy (non-hydrogen) atoms. The quantitative estimate of drug-likeness (QED) is 0.228. The smallest absolute Gasteiger partial charge is 0.257 e. The number of aliphatic imine (C=N–C) groups is 1. The minimum absolute atomic E-state index is 0.0954. The minimum atomic E-state index is -0.333. The molecule has 1 unspecified atom stereocenters. The predicted octanol–water partition coefficient (Wildman–Crippen LogP) is 6.70. The van der Waals surface area contributed by atoms with Gasteiger partial charge in [-0.05, 0) is 72.9 Å². The van der Waals surface area contributed by atoms with Gasteiger partial charge in [-0.3, -0.25) is 10.1 Å². The van der Waals surface area contributed by atoms with Crippen molar-refractivity contribution in [2.24, 2.45) is 16.3 Å². The van der Waals surface area contributed by atoms with Crippen LogP contribution < -0.4 is 10.6 Å². The number of aromatic amines is 1. The van der Waals surface area contributed by atoms with Crippen molar-refractivity contribution in [1.82, 2.24) is 20.6 Å². The maximum atomic E-state index is 13.2. The van der Waals surface area contributed by atoms with Crippen LogP contribution in [0.4, 0.5) is 0 Å². The summed E-state index contributed by atoms with van der Waals surface area (Å²) in [4.78, 5) is 25.8. The highest BCUT2D eigenvalue weighted by molar-refractivity contribution is 6.35. The fourth-order valence-corrected chi connectivity index (χ4v) is 5.63. The molecule has 204 valence electrons. The van der Waals surface area contributed by atoms with Gasteiger partial charge in [-0.15, -0.1) is 0 Å². The standard InChI is InChI=1S/C30H34Cl2N6O/c1-30(2,3)21-7-10-23(11-8-21)37-29(38-28(39)20-6-4-5-19(15-20)17-33)36-18-25(27-34-13-14-35-27)24-12-9-22(31)16-26(24)32/h4-6,9,12-16,21,23,25H,7-8,10-11,18H2,1-3H3,(H,34,35)(H2,36,37,38,39). The average molecular weight is 566 g/mol. The van der Waals surface area contributed by atoms with Crippen molar-refractivity contribution in [3.63, 3.8) is 0 Å². The van der Waals surface area contributed by atoms with Crippen molar-refractivity contribution in [3.8, 4) is 6.07 Å². The van der Waals surface area contributed by atoms with Crippen LogP contribution in [0.1, 0.15) is 79.7 Å². The van der Waals surface area contributed by atoms with E-state index in [1.165, 1.54) is 0 Å². The van der Waals surface area contributed by atoms with Crippen LogP contribution >= 0.6 is 23.2 Å². The molecule has 1 amide bonds. The van der Waals surface area contributed by atoms with Crippen molar-refractivity contribution in [2.45, 2.75) is 58.4 Å². The Kier molecular flexibility index (Phi) is 9.32. The van der Waals surface area contributed by atoms with Crippen LogP contribution in [0.2, 0.25) is 10.0 Å². The summed E-state index contributed by atoms with van der Waals surface area (Å²) < 4.78 is 0. The number of aromatic nitrogens is 2. The second-order valence-corrected chi connectivity index (χ2v) is 11.9. The van der Waals surface area contributed by atoms with Gasteiger partial charge < -0.3 is 10.3 Å². The Labute approximate surface area is 240 Å². The van der Waals surface area contributed by atoms with E-state index in [-0.39, 0.29) is 23.3 Å². The van der Waals surface area contributed by atoms with E-state index in [1.54, 1.807) is 48.8 Å². The normalized spacial score (nSPS) is 18.7. The molecule has 1 saturated carbocycles. The van der Waals surface area contributed by atoms with E-state index >= 15 is 0 Å². The van der Waals surface area contributed by atoms with E-state index in [2.05, 4.69) is 47.4 Å². The molecule has 3 N–H and O–H groups in total. The first-order chi connectivity index (χ1) is 18.6. The number of guanidine groups is 1. The molecular weight excluding hydrogens is 531 g/mol. The zero-order chi connectivity index (χ0) is 28.0. The van der Waals surface area contributed by atoms with Crippen LogP contribution in [-0.2, 0) is 0 Å². The molecule has 1 fully saturated rings. The van der Waals surface area contributed by atoms with Crippen molar-refractivity contribution in [1.29, 1.82) is 5.26 Å². The molecule has 1 aliphatic rings. The molecule has 0 aliphatic heterocycles. The minimum Gasteiger partial charge on any atom is -0.355 e. The molecule has 0 radical (unpaired) electrons. The first-order valence-electron chi connectivity index (χ1n) is 13.2. The van der Waals surface area contributed by atoms with E-state index in [0.29, 0.717) is 39.6 Å². The van der Waals surface area contributed by atoms with Gasteiger partial charge in [0.15, 0.2) is 5.96 Å². The molecule has 1 atom stereocenters. The van der Waals surface area contributed by atoms with Gasteiger partial charge in [0.05, 0.1) is 23.6 Å². The Hall–Kier alpha value is -3.34. The molecular formula is C30H34Cl2N6O. The van der Waals surface area contributed by atoms with E-state index in [0.717, 1.165) is 37.1 Å². The number of nitrogens with one attached hydrogen (secondary N) is 3. The number of carbonyl (C=O) groups excluding carboxylic acids is 1. The van der Waals surface area contributed by atoms with Gasteiger partial charge in [0.25, 0.3) is 5.91 Å². The number of carbonyl (C=O) groups is 1. The summed E-state index contributed by atoms with van der Waals surface area (Å²) in [7, 11) is 0. The van der Waals surface area contributed by atoms with Crippen LogP contribution in [0, 0.1) is 22.7 Å².